The zero-order chi connectivity index (χ0) is 14.5. The number of benzene rings is 2. The summed E-state index contributed by atoms with van der Waals surface area (Å²) < 4.78 is 5.80. The van der Waals surface area contributed by atoms with Crippen molar-refractivity contribution in [3.63, 3.8) is 0 Å². The minimum absolute atomic E-state index is 0.00766. The molecule has 0 saturated carbocycles. The van der Waals surface area contributed by atoms with E-state index in [9.17, 15) is 5.11 Å². The summed E-state index contributed by atoms with van der Waals surface area (Å²) in [5, 5.41) is 13.7. The fraction of sp³-hybridized carbons (Fsp3) is 0.111. The molecular weight excluding hydrogens is 280 g/mol. The summed E-state index contributed by atoms with van der Waals surface area (Å²) in [5.41, 5.74) is 4.22. The van der Waals surface area contributed by atoms with Gasteiger partial charge >= 0.3 is 0 Å². The largest absolute Gasteiger partial charge is 0.489 e. The molecule has 2 nitrogen and oxygen atoms in total. The van der Waals surface area contributed by atoms with Gasteiger partial charge in [0.15, 0.2) is 0 Å². The van der Waals surface area contributed by atoms with Gasteiger partial charge in [-0.25, -0.2) is 0 Å². The molecule has 21 heavy (non-hydrogen) atoms. The Kier molecular flexibility index (Phi) is 4.34. The molecule has 0 aliphatic heterocycles. The lowest BCUT2D eigenvalue weighted by Crippen LogP contribution is -1.97. The molecule has 0 bridgehead atoms. The molecule has 0 radical (unpaired) electrons. The van der Waals surface area contributed by atoms with Gasteiger partial charge in [-0.05, 0) is 51.2 Å². The molecule has 0 fully saturated rings. The second-order valence-electron chi connectivity index (χ2n) is 4.76. The Bertz CT molecular complexity index is 691. The molecule has 0 amide bonds. The van der Waals surface area contributed by atoms with Crippen molar-refractivity contribution in [2.24, 2.45) is 0 Å². The van der Waals surface area contributed by atoms with E-state index in [4.69, 9.17) is 4.74 Å². The molecule has 1 aromatic heterocycles. The normalized spacial score (nSPS) is 10.5. The number of aliphatic hydroxyl groups is 1. The maximum absolute atomic E-state index is 9.57. The van der Waals surface area contributed by atoms with Crippen molar-refractivity contribution < 1.29 is 9.84 Å². The lowest BCUT2D eigenvalue weighted by molar-refractivity contribution is 0.278. The Hall–Kier alpha value is -2.10. The van der Waals surface area contributed by atoms with Crippen molar-refractivity contribution in [1.82, 2.24) is 0 Å². The average Bonchev–Trinajstić information content (AvgIpc) is 3.08. The molecule has 3 rings (SSSR count). The third-order valence-electron chi connectivity index (χ3n) is 3.33. The summed E-state index contributed by atoms with van der Waals surface area (Å²) in [6, 6.07) is 18.0. The second-order valence-corrected chi connectivity index (χ2v) is 5.54. The van der Waals surface area contributed by atoms with Crippen LogP contribution in [0.2, 0.25) is 0 Å². The van der Waals surface area contributed by atoms with Gasteiger partial charge in [0.1, 0.15) is 12.4 Å². The van der Waals surface area contributed by atoms with E-state index in [1.165, 1.54) is 0 Å². The van der Waals surface area contributed by atoms with Crippen LogP contribution in [0.3, 0.4) is 0 Å². The Labute approximate surface area is 128 Å². The Morgan fingerprint density at radius 2 is 1.86 bits per heavy atom. The van der Waals surface area contributed by atoms with Crippen LogP contribution in [-0.2, 0) is 13.2 Å². The lowest BCUT2D eigenvalue weighted by atomic mass is 10.0. The third kappa shape index (κ3) is 3.32. The first-order valence-electron chi connectivity index (χ1n) is 6.80. The van der Waals surface area contributed by atoms with Crippen LogP contribution >= 0.6 is 11.3 Å². The second kappa shape index (κ2) is 6.57. The van der Waals surface area contributed by atoms with Gasteiger partial charge < -0.3 is 9.84 Å². The highest BCUT2D eigenvalue weighted by molar-refractivity contribution is 7.08. The minimum atomic E-state index is 0.00766. The SMILES string of the molecule is OCc1cc(OCc2ccccc2)ccc1-c1ccsc1. The summed E-state index contributed by atoms with van der Waals surface area (Å²) >= 11 is 1.65. The summed E-state index contributed by atoms with van der Waals surface area (Å²) in [6.07, 6.45) is 0. The smallest absolute Gasteiger partial charge is 0.120 e. The highest BCUT2D eigenvalue weighted by Crippen LogP contribution is 2.29. The third-order valence-corrected chi connectivity index (χ3v) is 4.01. The van der Waals surface area contributed by atoms with E-state index < -0.39 is 0 Å². The van der Waals surface area contributed by atoms with Crippen molar-refractivity contribution in [1.29, 1.82) is 0 Å². The first kappa shape index (κ1) is 13.9. The fourth-order valence-electron chi connectivity index (χ4n) is 2.23. The number of ether oxygens (including phenoxy) is 1. The van der Waals surface area contributed by atoms with E-state index in [1.54, 1.807) is 11.3 Å². The molecule has 1 N–H and O–H groups in total. The molecule has 3 aromatic rings. The van der Waals surface area contributed by atoms with Crippen LogP contribution in [0, 0.1) is 0 Å². The van der Waals surface area contributed by atoms with Crippen molar-refractivity contribution in [2.45, 2.75) is 13.2 Å². The van der Waals surface area contributed by atoms with Crippen molar-refractivity contribution >= 4 is 11.3 Å². The van der Waals surface area contributed by atoms with Crippen molar-refractivity contribution in [3.05, 3.63) is 76.5 Å². The van der Waals surface area contributed by atoms with Gasteiger partial charge in [-0.1, -0.05) is 36.4 Å². The number of rotatable bonds is 5. The van der Waals surface area contributed by atoms with Crippen molar-refractivity contribution in [2.75, 3.05) is 0 Å². The summed E-state index contributed by atoms with van der Waals surface area (Å²) in [7, 11) is 0. The monoisotopic (exact) mass is 296 g/mol. The standard InChI is InChI=1S/C18H16O2S/c19-11-16-10-17(20-12-14-4-2-1-3-5-14)6-7-18(16)15-8-9-21-13-15/h1-10,13,19H,11-12H2. The van der Waals surface area contributed by atoms with E-state index in [0.717, 1.165) is 28.0 Å². The number of hydrogen-bond donors (Lipinski definition) is 1. The summed E-state index contributed by atoms with van der Waals surface area (Å²) in [5.74, 6) is 0.780. The average molecular weight is 296 g/mol. The summed E-state index contributed by atoms with van der Waals surface area (Å²) in [6.45, 7) is 0.539. The van der Waals surface area contributed by atoms with Gasteiger partial charge in [-0.2, -0.15) is 11.3 Å². The predicted molar refractivity (Wildman–Crippen MR) is 86.5 cm³/mol. The van der Waals surface area contributed by atoms with Crippen LogP contribution in [0.1, 0.15) is 11.1 Å². The van der Waals surface area contributed by atoms with Crippen LogP contribution in [0.4, 0.5) is 0 Å². The highest BCUT2D eigenvalue weighted by Gasteiger charge is 2.07. The Morgan fingerprint density at radius 1 is 1.00 bits per heavy atom. The van der Waals surface area contributed by atoms with Gasteiger partial charge in [-0.3, -0.25) is 0 Å². The van der Waals surface area contributed by atoms with Crippen LogP contribution in [0.5, 0.6) is 5.75 Å². The topological polar surface area (TPSA) is 29.5 Å². The number of hydrogen-bond acceptors (Lipinski definition) is 3. The lowest BCUT2D eigenvalue weighted by Gasteiger charge is -2.11. The molecule has 1 heterocycles. The van der Waals surface area contributed by atoms with E-state index in [-0.39, 0.29) is 6.61 Å². The van der Waals surface area contributed by atoms with E-state index >= 15 is 0 Å². The van der Waals surface area contributed by atoms with Crippen LogP contribution in [0.25, 0.3) is 11.1 Å². The number of thiophene rings is 1. The zero-order valence-electron chi connectivity index (χ0n) is 11.5. The van der Waals surface area contributed by atoms with Crippen molar-refractivity contribution in [3.8, 4) is 16.9 Å². The van der Waals surface area contributed by atoms with Gasteiger partial charge in [0, 0.05) is 0 Å². The van der Waals surface area contributed by atoms with Gasteiger partial charge in [-0.15, -0.1) is 0 Å². The van der Waals surface area contributed by atoms with Crippen LogP contribution in [-0.4, -0.2) is 5.11 Å². The molecule has 0 atom stereocenters. The number of aliphatic hydroxyl groups excluding tert-OH is 1. The maximum Gasteiger partial charge on any atom is 0.120 e. The van der Waals surface area contributed by atoms with E-state index in [2.05, 4.69) is 11.4 Å². The van der Waals surface area contributed by atoms with E-state index in [1.807, 2.05) is 53.9 Å². The molecule has 0 spiro atoms. The molecule has 3 heteroatoms. The minimum Gasteiger partial charge on any atom is -0.489 e. The highest BCUT2D eigenvalue weighted by atomic mass is 32.1. The molecule has 0 unspecified atom stereocenters. The maximum atomic E-state index is 9.57. The first-order valence-corrected chi connectivity index (χ1v) is 7.74. The predicted octanol–water partition coefficient (Wildman–Crippen LogP) is 4.49. The Morgan fingerprint density at radius 3 is 2.57 bits per heavy atom. The first-order chi connectivity index (χ1) is 10.4. The fourth-order valence-corrected chi connectivity index (χ4v) is 2.89. The molecule has 0 aliphatic rings. The van der Waals surface area contributed by atoms with Crippen LogP contribution in [0.15, 0.2) is 65.4 Å². The molecule has 2 aromatic carbocycles. The van der Waals surface area contributed by atoms with Gasteiger partial charge in [0.05, 0.1) is 6.61 Å². The molecular formula is C18H16O2S. The zero-order valence-corrected chi connectivity index (χ0v) is 12.3. The van der Waals surface area contributed by atoms with Gasteiger partial charge in [0.2, 0.25) is 0 Å². The quantitative estimate of drug-likeness (QED) is 0.752. The Balaban J connectivity index is 1.78. The van der Waals surface area contributed by atoms with Crippen LogP contribution < -0.4 is 4.74 Å². The summed E-state index contributed by atoms with van der Waals surface area (Å²) in [4.78, 5) is 0. The molecule has 0 aliphatic carbocycles. The molecule has 106 valence electrons. The van der Waals surface area contributed by atoms with E-state index in [0.29, 0.717) is 6.61 Å². The molecule has 0 saturated heterocycles. The van der Waals surface area contributed by atoms with Gasteiger partial charge in [0.25, 0.3) is 0 Å².